The van der Waals surface area contributed by atoms with Gasteiger partial charge in [0, 0.05) is 30.6 Å². The number of nitrogens with zero attached hydrogens (tertiary/aromatic N) is 4. The van der Waals surface area contributed by atoms with Crippen LogP contribution in [-0.4, -0.2) is 68.4 Å². The van der Waals surface area contributed by atoms with E-state index in [9.17, 15) is 37.1 Å². The zero-order valence-corrected chi connectivity index (χ0v) is 25.1. The fraction of sp³-hybridized carbons (Fsp3) is 0.433. The van der Waals surface area contributed by atoms with E-state index in [1.54, 1.807) is 20.8 Å². The fourth-order valence-corrected chi connectivity index (χ4v) is 5.32. The van der Waals surface area contributed by atoms with Crippen LogP contribution in [0.4, 0.5) is 28.2 Å². The van der Waals surface area contributed by atoms with Crippen LogP contribution in [0.25, 0.3) is 0 Å². The molecule has 3 N–H and O–H groups in total. The molecule has 3 aromatic rings. The topological polar surface area (TPSA) is 148 Å². The van der Waals surface area contributed by atoms with Crippen LogP contribution in [0.3, 0.4) is 0 Å². The number of aromatic nitrogens is 3. The van der Waals surface area contributed by atoms with Crippen molar-refractivity contribution in [2.75, 3.05) is 18.1 Å². The van der Waals surface area contributed by atoms with Gasteiger partial charge < -0.3 is 25.2 Å². The number of alkyl carbamates (subject to hydrolysis) is 1. The van der Waals surface area contributed by atoms with E-state index in [0.717, 1.165) is 29.2 Å². The number of carbonyl (C=O) groups excluding carboxylic acids is 3. The Morgan fingerprint density at radius 3 is 2.65 bits per heavy atom. The number of benzene rings is 2. The van der Waals surface area contributed by atoms with Crippen LogP contribution in [0, 0.1) is 23.3 Å². The van der Waals surface area contributed by atoms with Crippen molar-refractivity contribution in [2.45, 2.75) is 69.5 Å². The first-order chi connectivity index (χ1) is 21.7. The molecule has 246 valence electrons. The van der Waals surface area contributed by atoms with Gasteiger partial charge in [0.25, 0.3) is 11.8 Å². The third-order valence-electron chi connectivity index (χ3n) is 7.57. The van der Waals surface area contributed by atoms with Crippen molar-refractivity contribution < 1.29 is 46.5 Å². The van der Waals surface area contributed by atoms with Gasteiger partial charge in [0.15, 0.2) is 17.5 Å². The highest BCUT2D eigenvalue weighted by Gasteiger charge is 2.52. The molecule has 0 aliphatic carbocycles. The molecule has 2 aliphatic heterocycles. The van der Waals surface area contributed by atoms with Crippen molar-refractivity contribution in [3.8, 4) is 0 Å². The number of carbonyl (C=O) groups is 3. The first-order valence-corrected chi connectivity index (χ1v) is 14.4. The Kier molecular flexibility index (Phi) is 9.04. The van der Waals surface area contributed by atoms with E-state index in [0.29, 0.717) is 0 Å². The maximum Gasteiger partial charge on any atom is 0.407 e. The Balaban J connectivity index is 1.29. The lowest BCUT2D eigenvalue weighted by Crippen LogP contribution is -2.52. The molecule has 2 saturated heterocycles. The second-order valence-corrected chi connectivity index (χ2v) is 12.0. The van der Waals surface area contributed by atoms with Crippen LogP contribution < -0.4 is 15.5 Å². The van der Waals surface area contributed by atoms with Gasteiger partial charge in [-0.25, -0.2) is 22.4 Å². The molecule has 1 aromatic heterocycles. The molecule has 0 radical (unpaired) electrons. The zero-order chi connectivity index (χ0) is 33.4. The lowest BCUT2D eigenvalue weighted by Gasteiger charge is -2.36. The highest BCUT2D eigenvalue weighted by atomic mass is 19.2. The van der Waals surface area contributed by atoms with E-state index >= 15 is 0 Å². The number of amides is 3. The third kappa shape index (κ3) is 6.82. The minimum atomic E-state index is -2.49. The van der Waals surface area contributed by atoms with Crippen molar-refractivity contribution in [1.82, 2.24) is 25.6 Å². The molecule has 3 heterocycles. The van der Waals surface area contributed by atoms with Crippen molar-refractivity contribution >= 4 is 23.7 Å². The predicted octanol–water partition coefficient (Wildman–Crippen LogP) is 3.21. The van der Waals surface area contributed by atoms with E-state index in [1.807, 2.05) is 0 Å². The SMILES string of the molecule is CC(C)(C)OC(=O)N[C@H]1C[C@@H](n2ncc(N3CCC(O)(C(=O)NCc4cccc(F)c4F)C3=O)n2)CO[C@@H]1c1cc(F)ccc1F. The number of anilines is 1. The summed E-state index contributed by atoms with van der Waals surface area (Å²) in [6, 6.07) is 4.77. The average molecular weight is 649 g/mol. The lowest BCUT2D eigenvalue weighted by atomic mass is 9.93. The lowest BCUT2D eigenvalue weighted by molar-refractivity contribution is -0.149. The van der Waals surface area contributed by atoms with Crippen molar-refractivity contribution in [2.24, 2.45) is 0 Å². The molecule has 2 aliphatic rings. The normalized spacial score (nSPS) is 23.3. The van der Waals surface area contributed by atoms with Gasteiger partial charge in [0.1, 0.15) is 23.3 Å². The number of aliphatic hydroxyl groups is 1. The summed E-state index contributed by atoms with van der Waals surface area (Å²) in [7, 11) is 0. The van der Waals surface area contributed by atoms with Gasteiger partial charge in [-0.1, -0.05) is 12.1 Å². The van der Waals surface area contributed by atoms with Gasteiger partial charge in [-0.05, 0) is 51.5 Å². The third-order valence-corrected chi connectivity index (χ3v) is 7.57. The van der Waals surface area contributed by atoms with Gasteiger partial charge in [0.2, 0.25) is 5.60 Å². The molecule has 2 fully saturated rings. The van der Waals surface area contributed by atoms with Gasteiger partial charge >= 0.3 is 6.09 Å². The molecule has 46 heavy (non-hydrogen) atoms. The number of ether oxygens (including phenoxy) is 2. The smallest absolute Gasteiger partial charge is 0.407 e. The quantitative estimate of drug-likeness (QED) is 0.262. The Labute approximate surface area is 260 Å². The Bertz CT molecular complexity index is 1650. The Morgan fingerprint density at radius 2 is 1.91 bits per heavy atom. The number of halogens is 4. The molecule has 1 unspecified atom stereocenters. The predicted molar refractivity (Wildman–Crippen MR) is 152 cm³/mol. The molecule has 0 bridgehead atoms. The summed E-state index contributed by atoms with van der Waals surface area (Å²) >= 11 is 0. The Hall–Kier alpha value is -4.57. The van der Waals surface area contributed by atoms with Crippen LogP contribution >= 0.6 is 0 Å². The largest absolute Gasteiger partial charge is 0.444 e. The first-order valence-electron chi connectivity index (χ1n) is 14.4. The molecule has 16 heteroatoms. The number of nitrogens with one attached hydrogen (secondary N) is 2. The summed E-state index contributed by atoms with van der Waals surface area (Å²) in [6.45, 7) is 4.34. The van der Waals surface area contributed by atoms with Gasteiger partial charge in [0.05, 0.1) is 24.9 Å². The Morgan fingerprint density at radius 1 is 1.15 bits per heavy atom. The van der Waals surface area contributed by atoms with Crippen LogP contribution in [0.2, 0.25) is 0 Å². The van der Waals surface area contributed by atoms with E-state index in [4.69, 9.17) is 9.47 Å². The van der Waals surface area contributed by atoms with Crippen LogP contribution in [0.5, 0.6) is 0 Å². The zero-order valence-electron chi connectivity index (χ0n) is 25.1. The van der Waals surface area contributed by atoms with Crippen molar-refractivity contribution in [3.63, 3.8) is 0 Å². The van der Waals surface area contributed by atoms with Crippen LogP contribution in [0.1, 0.15) is 56.9 Å². The van der Waals surface area contributed by atoms with E-state index in [1.165, 1.54) is 23.1 Å². The van der Waals surface area contributed by atoms with Crippen molar-refractivity contribution in [1.29, 1.82) is 0 Å². The van der Waals surface area contributed by atoms with Gasteiger partial charge in [-0.2, -0.15) is 9.90 Å². The number of hydrogen-bond donors (Lipinski definition) is 3. The molecule has 4 atom stereocenters. The van der Waals surface area contributed by atoms with Gasteiger partial charge in [-0.15, -0.1) is 5.10 Å². The number of hydrogen-bond acceptors (Lipinski definition) is 8. The molecular formula is C30H32F4N6O6. The standard InChI is InChI=1S/C30H32F4N6O6/c1-29(2,3)46-28(43)37-22-12-18(15-45-25(22)19-11-17(31)7-8-20(19)32)40-36-14-23(38-40)39-10-9-30(44,27(39)42)26(41)35-13-16-5-4-6-21(33)24(16)34/h4-8,11,14,18,22,25,44H,9-10,12-13,15H2,1-3H3,(H,35,41)(H,37,43)/t18-,22+,25-,30?/m1/s1. The summed E-state index contributed by atoms with van der Waals surface area (Å²) in [5, 5.41) is 24.4. The summed E-state index contributed by atoms with van der Waals surface area (Å²) in [5.41, 5.74) is -3.60. The average Bonchev–Trinajstić information content (AvgIpc) is 3.59. The first kappa shape index (κ1) is 32.8. The molecule has 0 spiro atoms. The van der Waals surface area contributed by atoms with Crippen molar-refractivity contribution in [3.05, 3.63) is 77.0 Å². The fourth-order valence-electron chi connectivity index (χ4n) is 5.32. The van der Waals surface area contributed by atoms with Crippen LogP contribution in [0.15, 0.2) is 42.6 Å². The number of rotatable bonds is 7. The maximum atomic E-state index is 14.7. The van der Waals surface area contributed by atoms with E-state index in [-0.39, 0.29) is 42.9 Å². The maximum absolute atomic E-state index is 14.7. The minimum absolute atomic E-state index is 0.000139. The molecular weight excluding hydrogens is 616 g/mol. The van der Waals surface area contributed by atoms with E-state index in [2.05, 4.69) is 20.8 Å². The van der Waals surface area contributed by atoms with E-state index < -0.39 is 77.1 Å². The molecule has 3 amide bonds. The molecule has 12 nitrogen and oxygen atoms in total. The summed E-state index contributed by atoms with van der Waals surface area (Å²) in [4.78, 5) is 40.9. The summed E-state index contributed by atoms with van der Waals surface area (Å²) < 4.78 is 67.5. The summed E-state index contributed by atoms with van der Waals surface area (Å²) in [5.74, 6) is -5.78. The highest BCUT2D eigenvalue weighted by molar-refractivity contribution is 6.16. The molecule has 2 aromatic carbocycles. The monoisotopic (exact) mass is 648 g/mol. The minimum Gasteiger partial charge on any atom is -0.444 e. The molecule has 5 rings (SSSR count). The van der Waals surface area contributed by atoms with Gasteiger partial charge in [-0.3, -0.25) is 14.5 Å². The second kappa shape index (κ2) is 12.7. The second-order valence-electron chi connectivity index (χ2n) is 12.0. The summed E-state index contributed by atoms with van der Waals surface area (Å²) in [6.07, 6.45) is -0.878. The highest BCUT2D eigenvalue weighted by Crippen LogP contribution is 2.35. The molecule has 0 saturated carbocycles. The van der Waals surface area contributed by atoms with Crippen LogP contribution in [-0.2, 0) is 25.6 Å².